The van der Waals surface area contributed by atoms with Crippen LogP contribution in [0.3, 0.4) is 0 Å². The highest BCUT2D eigenvalue weighted by Gasteiger charge is 2.12. The van der Waals surface area contributed by atoms with Gasteiger partial charge >= 0.3 is 0 Å². The van der Waals surface area contributed by atoms with Crippen molar-refractivity contribution in [3.63, 3.8) is 0 Å². The number of methoxy groups -OCH3 is 1. The molecule has 3 nitrogen and oxygen atoms in total. The zero-order chi connectivity index (χ0) is 8.15. The molecule has 10 heavy (non-hydrogen) atoms. The molecule has 0 aromatic heterocycles. The standard InChI is InChI=1S/C7H18N2O/c1-5(2)4-6(8)7(9)10-3/h5-7H,4,8-9H2,1-3H3/t6-,7?/m0/s1. The summed E-state index contributed by atoms with van der Waals surface area (Å²) in [6.45, 7) is 4.23. The molecule has 0 aromatic rings. The molecule has 4 N–H and O–H groups in total. The molecular weight excluding hydrogens is 128 g/mol. The molecule has 0 heterocycles. The van der Waals surface area contributed by atoms with Crippen LogP contribution in [0.4, 0.5) is 0 Å². The Morgan fingerprint density at radius 3 is 2.10 bits per heavy atom. The molecule has 0 aromatic carbocycles. The van der Waals surface area contributed by atoms with Crippen molar-refractivity contribution in [3.05, 3.63) is 0 Å². The highest BCUT2D eigenvalue weighted by atomic mass is 16.5. The molecule has 0 amide bonds. The minimum Gasteiger partial charge on any atom is -0.365 e. The van der Waals surface area contributed by atoms with E-state index in [0.29, 0.717) is 5.92 Å². The van der Waals surface area contributed by atoms with Gasteiger partial charge in [0.1, 0.15) is 6.23 Å². The van der Waals surface area contributed by atoms with Gasteiger partial charge in [0.15, 0.2) is 0 Å². The molecule has 0 aliphatic carbocycles. The van der Waals surface area contributed by atoms with E-state index in [0.717, 1.165) is 6.42 Å². The summed E-state index contributed by atoms with van der Waals surface area (Å²) in [6.07, 6.45) is 0.594. The van der Waals surface area contributed by atoms with E-state index < -0.39 is 0 Å². The lowest BCUT2D eigenvalue weighted by molar-refractivity contribution is 0.0793. The smallest absolute Gasteiger partial charge is 0.120 e. The third-order valence-electron chi connectivity index (χ3n) is 1.44. The molecule has 2 atom stereocenters. The third-order valence-corrected chi connectivity index (χ3v) is 1.44. The lowest BCUT2D eigenvalue weighted by Crippen LogP contribution is -2.43. The van der Waals surface area contributed by atoms with Crippen molar-refractivity contribution >= 4 is 0 Å². The first-order chi connectivity index (χ1) is 4.57. The van der Waals surface area contributed by atoms with E-state index in [9.17, 15) is 0 Å². The van der Waals surface area contributed by atoms with E-state index in [1.807, 2.05) is 0 Å². The van der Waals surface area contributed by atoms with Gasteiger partial charge in [-0.25, -0.2) is 0 Å². The summed E-state index contributed by atoms with van der Waals surface area (Å²) in [7, 11) is 1.57. The van der Waals surface area contributed by atoms with Gasteiger partial charge in [0.05, 0.1) is 0 Å². The molecule has 0 aliphatic heterocycles. The Labute approximate surface area is 62.7 Å². The van der Waals surface area contributed by atoms with Crippen molar-refractivity contribution in [2.24, 2.45) is 17.4 Å². The van der Waals surface area contributed by atoms with Crippen molar-refractivity contribution < 1.29 is 4.74 Å². The summed E-state index contributed by atoms with van der Waals surface area (Å²) in [5, 5.41) is 0. The van der Waals surface area contributed by atoms with Crippen molar-refractivity contribution in [2.45, 2.75) is 32.5 Å². The second-order valence-corrected chi connectivity index (χ2v) is 2.99. The van der Waals surface area contributed by atoms with Crippen LogP contribution in [0.2, 0.25) is 0 Å². The molecule has 0 bridgehead atoms. The zero-order valence-electron chi connectivity index (χ0n) is 7.00. The summed E-state index contributed by atoms with van der Waals surface area (Å²) in [5.41, 5.74) is 11.2. The second kappa shape index (κ2) is 4.66. The van der Waals surface area contributed by atoms with Crippen LogP contribution in [0.5, 0.6) is 0 Å². The summed E-state index contributed by atoms with van der Waals surface area (Å²) in [4.78, 5) is 0. The monoisotopic (exact) mass is 146 g/mol. The predicted octanol–water partition coefficient (Wildman–Crippen LogP) is 0.291. The van der Waals surface area contributed by atoms with Crippen molar-refractivity contribution in [1.82, 2.24) is 0 Å². The summed E-state index contributed by atoms with van der Waals surface area (Å²) < 4.78 is 4.87. The van der Waals surface area contributed by atoms with E-state index in [4.69, 9.17) is 16.2 Å². The van der Waals surface area contributed by atoms with Gasteiger partial charge < -0.3 is 16.2 Å². The Kier molecular flexibility index (Phi) is 4.60. The van der Waals surface area contributed by atoms with E-state index in [1.54, 1.807) is 7.11 Å². The molecular formula is C7H18N2O. The molecule has 0 fully saturated rings. The first kappa shape index (κ1) is 9.88. The summed E-state index contributed by atoms with van der Waals surface area (Å²) in [5.74, 6) is 0.580. The van der Waals surface area contributed by atoms with Gasteiger partial charge in [0.25, 0.3) is 0 Å². The third kappa shape index (κ3) is 3.82. The Bertz CT molecular complexity index is 85.7. The van der Waals surface area contributed by atoms with Gasteiger partial charge in [-0.15, -0.1) is 0 Å². The van der Waals surface area contributed by atoms with Crippen LogP contribution in [-0.4, -0.2) is 19.4 Å². The lowest BCUT2D eigenvalue weighted by atomic mass is 10.0. The fourth-order valence-corrected chi connectivity index (χ4v) is 0.853. The maximum absolute atomic E-state index is 5.68. The molecule has 0 radical (unpaired) electrons. The average Bonchev–Trinajstić information content (AvgIpc) is 1.85. The van der Waals surface area contributed by atoms with Crippen molar-refractivity contribution in [1.29, 1.82) is 0 Å². The van der Waals surface area contributed by atoms with E-state index in [2.05, 4.69) is 13.8 Å². The predicted molar refractivity (Wildman–Crippen MR) is 42.4 cm³/mol. The van der Waals surface area contributed by atoms with E-state index in [-0.39, 0.29) is 12.3 Å². The number of rotatable bonds is 4. The largest absolute Gasteiger partial charge is 0.365 e. The van der Waals surface area contributed by atoms with E-state index in [1.165, 1.54) is 0 Å². The molecule has 0 saturated carbocycles. The zero-order valence-corrected chi connectivity index (χ0v) is 7.00. The average molecular weight is 146 g/mol. The molecule has 3 heteroatoms. The highest BCUT2D eigenvalue weighted by Crippen LogP contribution is 2.04. The van der Waals surface area contributed by atoms with Crippen molar-refractivity contribution in [3.8, 4) is 0 Å². The van der Waals surface area contributed by atoms with Crippen LogP contribution in [0.1, 0.15) is 20.3 Å². The molecule has 62 valence electrons. The quantitative estimate of drug-likeness (QED) is 0.560. The van der Waals surface area contributed by atoms with Gasteiger partial charge in [-0.2, -0.15) is 0 Å². The van der Waals surface area contributed by atoms with Gasteiger partial charge in [-0.1, -0.05) is 13.8 Å². The van der Waals surface area contributed by atoms with Crippen LogP contribution in [-0.2, 0) is 4.74 Å². The Hall–Kier alpha value is -0.120. The molecule has 0 spiro atoms. The summed E-state index contributed by atoms with van der Waals surface area (Å²) >= 11 is 0. The first-order valence-corrected chi connectivity index (χ1v) is 3.62. The number of hydrogen-bond donors (Lipinski definition) is 2. The molecule has 0 rings (SSSR count). The topological polar surface area (TPSA) is 61.3 Å². The van der Waals surface area contributed by atoms with Gasteiger partial charge in [-0.3, -0.25) is 0 Å². The number of hydrogen-bond acceptors (Lipinski definition) is 3. The molecule has 1 unspecified atom stereocenters. The first-order valence-electron chi connectivity index (χ1n) is 3.62. The van der Waals surface area contributed by atoms with E-state index >= 15 is 0 Å². The molecule has 0 saturated heterocycles. The SMILES string of the molecule is COC(N)[C@@H](N)CC(C)C. The minimum absolute atomic E-state index is 0.0370. The fraction of sp³-hybridized carbons (Fsp3) is 1.00. The maximum atomic E-state index is 5.68. The van der Waals surface area contributed by atoms with Crippen LogP contribution in [0.25, 0.3) is 0 Å². The van der Waals surface area contributed by atoms with Crippen LogP contribution in [0.15, 0.2) is 0 Å². The lowest BCUT2D eigenvalue weighted by Gasteiger charge is -2.19. The number of ether oxygens (including phenoxy) is 1. The Morgan fingerprint density at radius 1 is 1.30 bits per heavy atom. The molecule has 0 aliphatic rings. The fourth-order valence-electron chi connectivity index (χ4n) is 0.853. The summed E-state index contributed by atoms with van der Waals surface area (Å²) in [6, 6.07) is -0.0370. The maximum Gasteiger partial charge on any atom is 0.120 e. The van der Waals surface area contributed by atoms with Crippen LogP contribution in [0, 0.1) is 5.92 Å². The van der Waals surface area contributed by atoms with Crippen LogP contribution < -0.4 is 11.5 Å². The highest BCUT2D eigenvalue weighted by molar-refractivity contribution is 4.68. The van der Waals surface area contributed by atoms with Gasteiger partial charge in [0, 0.05) is 13.2 Å². The minimum atomic E-state index is -0.317. The number of nitrogens with two attached hydrogens (primary N) is 2. The Morgan fingerprint density at radius 2 is 1.80 bits per heavy atom. The van der Waals surface area contributed by atoms with Gasteiger partial charge in [-0.05, 0) is 12.3 Å². The second-order valence-electron chi connectivity index (χ2n) is 2.99. The normalized spacial score (nSPS) is 17.4. The van der Waals surface area contributed by atoms with Crippen LogP contribution >= 0.6 is 0 Å². The Balaban J connectivity index is 3.50. The van der Waals surface area contributed by atoms with Crippen molar-refractivity contribution in [2.75, 3.05) is 7.11 Å². The van der Waals surface area contributed by atoms with Gasteiger partial charge in [0.2, 0.25) is 0 Å².